The summed E-state index contributed by atoms with van der Waals surface area (Å²) >= 11 is 0. The predicted octanol–water partition coefficient (Wildman–Crippen LogP) is 6.68. The van der Waals surface area contributed by atoms with Crippen LogP contribution in [-0.4, -0.2) is 49.9 Å². The molecule has 0 aliphatic rings. The van der Waals surface area contributed by atoms with Gasteiger partial charge in [0, 0.05) is 0 Å². The Bertz CT molecular complexity index is 2470. The molecule has 0 fully saturated rings. The van der Waals surface area contributed by atoms with Crippen LogP contribution in [0.15, 0.2) is 106 Å². The molecule has 52 heavy (non-hydrogen) atoms. The van der Waals surface area contributed by atoms with Crippen molar-refractivity contribution in [1.29, 1.82) is 0 Å². The predicted molar refractivity (Wildman–Crippen MR) is 181 cm³/mol. The molecule has 0 radical (unpaired) electrons. The van der Waals surface area contributed by atoms with Gasteiger partial charge >= 0.3 is 0 Å². The fourth-order valence-corrected chi connectivity index (χ4v) is 5.61. The normalized spacial score (nSPS) is 11.6. The first-order chi connectivity index (χ1) is 25.5. The summed E-state index contributed by atoms with van der Waals surface area (Å²) in [6, 6.07) is 23.3. The standard InChI is InChI=1S/C36H26F2N10O4/c37-21-1-9-29-31(13-21)41-35(39-29)33-11-7-27(51-33)17-47-15-23(43-45-47)19-49-25-3-5-26(6-4-25)50-20-24-16-48(46-44-24)18-28-8-12-34(52-28)36-40-30-10-2-22(38)14-32(30)42-36/h1-16H,17-20H2,(H,39,41)(H,40,42). The number of nitrogens with one attached hydrogen (secondary N) is 2. The van der Waals surface area contributed by atoms with Gasteiger partial charge in [0.15, 0.2) is 23.2 Å². The molecule has 6 heterocycles. The molecule has 0 aliphatic heterocycles. The SMILES string of the molecule is Fc1ccc2nc(-c3ccc(Cn4cc(COc5ccc(OCc6cn(Cc7ccc(-c8nc9ccc(F)cc9[nH]8)o7)nn6)cc5)nn4)o3)[nH]c2c1. The molecular formula is C36H26F2N10O4. The Kier molecular flexibility index (Phi) is 7.72. The van der Waals surface area contributed by atoms with Crippen molar-refractivity contribution in [2.75, 3.05) is 0 Å². The maximum absolute atomic E-state index is 13.5. The van der Waals surface area contributed by atoms with Crippen LogP contribution in [0.3, 0.4) is 0 Å². The molecule has 0 amide bonds. The lowest BCUT2D eigenvalue weighted by molar-refractivity contribution is 0.292. The number of imidazole rings is 2. The molecule has 14 nitrogen and oxygen atoms in total. The number of aromatic amines is 2. The zero-order valence-electron chi connectivity index (χ0n) is 27.0. The smallest absolute Gasteiger partial charge is 0.174 e. The molecule has 3 aromatic carbocycles. The number of H-pyrrole nitrogens is 2. The Hall–Kier alpha value is -7.10. The van der Waals surface area contributed by atoms with Gasteiger partial charge in [-0.2, -0.15) is 0 Å². The Morgan fingerprint density at radius 2 is 1.04 bits per heavy atom. The van der Waals surface area contributed by atoms with Crippen LogP contribution >= 0.6 is 0 Å². The van der Waals surface area contributed by atoms with Gasteiger partial charge in [0.1, 0.15) is 72.3 Å². The molecule has 2 N–H and O–H groups in total. The van der Waals surface area contributed by atoms with Crippen LogP contribution in [0.1, 0.15) is 22.9 Å². The number of hydrogen-bond donors (Lipinski definition) is 2. The van der Waals surface area contributed by atoms with Gasteiger partial charge in [-0.15, -0.1) is 10.2 Å². The van der Waals surface area contributed by atoms with Gasteiger partial charge < -0.3 is 28.3 Å². The number of fused-ring (bicyclic) bond motifs is 2. The lowest BCUT2D eigenvalue weighted by atomic mass is 10.3. The number of rotatable bonds is 12. The van der Waals surface area contributed by atoms with Gasteiger partial charge in [-0.1, -0.05) is 10.4 Å². The number of furan rings is 2. The molecule has 258 valence electrons. The van der Waals surface area contributed by atoms with Crippen LogP contribution in [0, 0.1) is 11.6 Å². The Morgan fingerprint density at radius 1 is 0.577 bits per heavy atom. The summed E-state index contributed by atoms with van der Waals surface area (Å²) in [7, 11) is 0. The molecule has 16 heteroatoms. The summed E-state index contributed by atoms with van der Waals surface area (Å²) in [6.45, 7) is 1.16. The highest BCUT2D eigenvalue weighted by atomic mass is 19.1. The highest BCUT2D eigenvalue weighted by Crippen LogP contribution is 2.25. The number of halogens is 2. The summed E-state index contributed by atoms with van der Waals surface area (Å²) in [6.07, 6.45) is 3.57. The summed E-state index contributed by atoms with van der Waals surface area (Å²) < 4.78 is 54.0. The summed E-state index contributed by atoms with van der Waals surface area (Å²) in [5, 5.41) is 16.7. The molecule has 9 aromatic rings. The highest BCUT2D eigenvalue weighted by Gasteiger charge is 2.14. The Morgan fingerprint density at radius 3 is 1.50 bits per heavy atom. The number of ether oxygens (including phenoxy) is 2. The van der Waals surface area contributed by atoms with Crippen LogP contribution in [0.4, 0.5) is 8.78 Å². The van der Waals surface area contributed by atoms with Gasteiger partial charge in [-0.05, 0) is 84.9 Å². The minimum atomic E-state index is -0.337. The molecule has 0 aliphatic carbocycles. The average molecular weight is 701 g/mol. The maximum atomic E-state index is 13.5. The van der Waals surface area contributed by atoms with Crippen molar-refractivity contribution in [3.05, 3.63) is 132 Å². The second-order valence-corrected chi connectivity index (χ2v) is 11.9. The van der Waals surface area contributed by atoms with E-state index < -0.39 is 0 Å². The van der Waals surface area contributed by atoms with E-state index in [-0.39, 0.29) is 24.8 Å². The summed E-state index contributed by atoms with van der Waals surface area (Å²) in [5.41, 5.74) is 3.78. The van der Waals surface area contributed by atoms with Gasteiger partial charge in [-0.3, -0.25) is 0 Å². The molecule has 9 rings (SSSR count). The molecule has 0 saturated heterocycles. The molecule has 0 spiro atoms. The average Bonchev–Trinajstić information content (AvgIpc) is 4.00. The van der Waals surface area contributed by atoms with Crippen molar-refractivity contribution < 1.29 is 27.1 Å². The van der Waals surface area contributed by atoms with Gasteiger partial charge in [0.05, 0.1) is 34.5 Å². The van der Waals surface area contributed by atoms with Crippen molar-refractivity contribution in [2.45, 2.75) is 26.3 Å². The zero-order chi connectivity index (χ0) is 35.0. The third kappa shape index (κ3) is 6.59. The minimum Gasteiger partial charge on any atom is -0.487 e. The van der Waals surface area contributed by atoms with Crippen LogP contribution in [-0.2, 0) is 26.3 Å². The van der Waals surface area contributed by atoms with E-state index in [1.165, 1.54) is 24.3 Å². The van der Waals surface area contributed by atoms with Crippen molar-refractivity contribution in [2.24, 2.45) is 0 Å². The lowest BCUT2D eigenvalue weighted by Gasteiger charge is -2.06. The van der Waals surface area contributed by atoms with Crippen LogP contribution in [0.2, 0.25) is 0 Å². The van der Waals surface area contributed by atoms with Crippen molar-refractivity contribution in [3.63, 3.8) is 0 Å². The second kappa shape index (κ2) is 13.0. The third-order valence-electron chi connectivity index (χ3n) is 8.08. The minimum absolute atomic E-state index is 0.220. The van der Waals surface area contributed by atoms with E-state index >= 15 is 0 Å². The van der Waals surface area contributed by atoms with E-state index in [4.69, 9.17) is 18.3 Å². The fraction of sp³-hybridized carbons (Fsp3) is 0.111. The number of aromatic nitrogens is 10. The largest absolute Gasteiger partial charge is 0.487 e. The van der Waals surface area contributed by atoms with Crippen molar-refractivity contribution in [1.82, 2.24) is 49.9 Å². The Balaban J connectivity index is 0.742. The van der Waals surface area contributed by atoms with E-state index in [1.54, 1.807) is 70.3 Å². The molecule has 0 atom stereocenters. The quantitative estimate of drug-likeness (QED) is 0.141. The second-order valence-electron chi connectivity index (χ2n) is 11.9. The molecule has 0 unspecified atom stereocenters. The van der Waals surface area contributed by atoms with Crippen LogP contribution < -0.4 is 9.47 Å². The zero-order valence-corrected chi connectivity index (χ0v) is 27.0. The van der Waals surface area contributed by atoms with E-state index in [0.29, 0.717) is 92.7 Å². The van der Waals surface area contributed by atoms with Gasteiger partial charge in [0.2, 0.25) is 0 Å². The summed E-state index contributed by atoms with van der Waals surface area (Å²) in [4.78, 5) is 15.1. The molecule has 6 aromatic heterocycles. The maximum Gasteiger partial charge on any atom is 0.174 e. The number of benzene rings is 3. The van der Waals surface area contributed by atoms with Gasteiger partial charge in [0.25, 0.3) is 0 Å². The third-order valence-corrected chi connectivity index (χ3v) is 8.08. The van der Waals surface area contributed by atoms with E-state index in [1.807, 2.05) is 12.1 Å². The molecule has 0 saturated carbocycles. The first-order valence-corrected chi connectivity index (χ1v) is 16.1. The van der Waals surface area contributed by atoms with Gasteiger partial charge in [-0.25, -0.2) is 28.1 Å². The van der Waals surface area contributed by atoms with Crippen LogP contribution in [0.25, 0.3) is 45.2 Å². The van der Waals surface area contributed by atoms with E-state index in [9.17, 15) is 8.78 Å². The summed E-state index contributed by atoms with van der Waals surface area (Å²) in [5.74, 6) is 4.03. The monoisotopic (exact) mass is 700 g/mol. The van der Waals surface area contributed by atoms with Crippen molar-refractivity contribution in [3.8, 4) is 34.7 Å². The topological polar surface area (TPSA) is 164 Å². The van der Waals surface area contributed by atoms with E-state index in [2.05, 4.69) is 40.6 Å². The van der Waals surface area contributed by atoms with Crippen LogP contribution in [0.5, 0.6) is 11.5 Å². The van der Waals surface area contributed by atoms with E-state index in [0.717, 1.165) is 0 Å². The lowest BCUT2D eigenvalue weighted by Crippen LogP contribution is -1.99. The fourth-order valence-electron chi connectivity index (χ4n) is 5.61. The first-order valence-electron chi connectivity index (χ1n) is 16.1. The number of hydrogen-bond acceptors (Lipinski definition) is 10. The molecule has 0 bridgehead atoms. The number of nitrogens with zero attached hydrogens (tertiary/aromatic N) is 8. The molecular weight excluding hydrogens is 674 g/mol. The Labute approximate surface area is 291 Å². The highest BCUT2D eigenvalue weighted by molar-refractivity contribution is 5.79. The first kappa shape index (κ1) is 30.9. The van der Waals surface area contributed by atoms with Crippen molar-refractivity contribution >= 4 is 22.1 Å².